The minimum atomic E-state index is -4.80. The number of carbonyl (C=O) groups excluding carboxylic acids is 1. The summed E-state index contributed by atoms with van der Waals surface area (Å²) < 4.78 is 62.3. The highest BCUT2D eigenvalue weighted by Gasteiger charge is 2.34. The zero-order chi connectivity index (χ0) is 20.3. The highest BCUT2D eigenvalue weighted by Crippen LogP contribution is 2.35. The van der Waals surface area contributed by atoms with Crippen LogP contribution in [-0.2, 0) is 10.9 Å². The molecule has 3 nitrogen and oxygen atoms in total. The lowest BCUT2D eigenvalue weighted by atomic mass is 10.0. The van der Waals surface area contributed by atoms with Crippen LogP contribution in [0.3, 0.4) is 0 Å². The number of carbonyl (C=O) groups is 1. The van der Waals surface area contributed by atoms with E-state index >= 15 is 0 Å². The maximum absolute atomic E-state index is 13.6. The molecule has 7 heteroatoms. The van der Waals surface area contributed by atoms with Crippen molar-refractivity contribution in [2.24, 2.45) is 0 Å². The third-order valence-electron chi connectivity index (χ3n) is 4.69. The second-order valence-corrected chi connectivity index (χ2v) is 6.76. The Morgan fingerprint density at radius 2 is 1.86 bits per heavy atom. The van der Waals surface area contributed by atoms with Gasteiger partial charge < -0.3 is 9.47 Å². The van der Waals surface area contributed by atoms with E-state index < -0.39 is 23.5 Å². The van der Waals surface area contributed by atoms with Crippen LogP contribution in [0.25, 0.3) is 0 Å². The Kier molecular flexibility index (Phi) is 6.03. The Bertz CT molecular complexity index is 831. The second-order valence-electron chi connectivity index (χ2n) is 6.76. The normalized spacial score (nSPS) is 19.6. The summed E-state index contributed by atoms with van der Waals surface area (Å²) in [6.07, 6.45) is -0.556. The molecule has 1 saturated heterocycles. The van der Waals surface area contributed by atoms with Crippen LogP contribution in [-0.4, -0.2) is 12.1 Å². The smallest absolute Gasteiger partial charge is 0.419 e. The fourth-order valence-electron chi connectivity index (χ4n) is 3.27. The summed E-state index contributed by atoms with van der Waals surface area (Å²) in [5, 5.41) is 0. The number of halogens is 4. The molecule has 0 radical (unpaired) electrons. The summed E-state index contributed by atoms with van der Waals surface area (Å²) in [5.74, 6) is -2.56. The topological polar surface area (TPSA) is 35.5 Å². The Hall–Kier alpha value is -2.41. The van der Waals surface area contributed by atoms with Gasteiger partial charge in [-0.3, -0.25) is 0 Å². The first-order chi connectivity index (χ1) is 13.3. The summed E-state index contributed by atoms with van der Waals surface area (Å²) in [6, 6.07) is 8.67. The van der Waals surface area contributed by atoms with Crippen LogP contribution in [0.4, 0.5) is 17.6 Å². The average Bonchev–Trinajstić information content (AvgIpc) is 3.10. The first-order valence-electron chi connectivity index (χ1n) is 9.12. The van der Waals surface area contributed by atoms with E-state index in [4.69, 9.17) is 9.47 Å². The number of esters is 1. The predicted molar refractivity (Wildman–Crippen MR) is 94.6 cm³/mol. The molecule has 1 aliphatic rings. The number of alkyl halides is 3. The van der Waals surface area contributed by atoms with Gasteiger partial charge in [0.15, 0.2) is 0 Å². The van der Waals surface area contributed by atoms with Crippen molar-refractivity contribution < 1.29 is 31.8 Å². The average molecular weight is 396 g/mol. The molecule has 2 unspecified atom stereocenters. The van der Waals surface area contributed by atoms with Crippen LogP contribution in [0.1, 0.15) is 60.2 Å². The SMILES string of the molecule is CCCC1CCC(c2ccc(C(=O)Oc3ccc(C(F)(F)F)c(F)c3)cc2)O1. The Morgan fingerprint density at radius 1 is 1.14 bits per heavy atom. The summed E-state index contributed by atoms with van der Waals surface area (Å²) in [6.45, 7) is 2.11. The zero-order valence-electron chi connectivity index (χ0n) is 15.3. The first kappa shape index (κ1) is 20.3. The highest BCUT2D eigenvalue weighted by atomic mass is 19.4. The Labute approximate surface area is 160 Å². The van der Waals surface area contributed by atoms with Gasteiger partial charge in [-0.15, -0.1) is 0 Å². The molecule has 1 fully saturated rings. The zero-order valence-corrected chi connectivity index (χ0v) is 15.3. The van der Waals surface area contributed by atoms with Crippen LogP contribution in [0.15, 0.2) is 42.5 Å². The maximum Gasteiger partial charge on any atom is 0.419 e. The molecule has 2 aromatic carbocycles. The van der Waals surface area contributed by atoms with Crippen molar-refractivity contribution >= 4 is 5.97 Å². The van der Waals surface area contributed by atoms with Gasteiger partial charge in [-0.25, -0.2) is 9.18 Å². The van der Waals surface area contributed by atoms with Gasteiger partial charge in [0.05, 0.1) is 23.3 Å². The molecular weight excluding hydrogens is 376 g/mol. The van der Waals surface area contributed by atoms with Crippen molar-refractivity contribution in [3.63, 3.8) is 0 Å². The van der Waals surface area contributed by atoms with Crippen molar-refractivity contribution in [3.05, 3.63) is 65.0 Å². The molecule has 2 atom stereocenters. The molecule has 28 heavy (non-hydrogen) atoms. The fourth-order valence-corrected chi connectivity index (χ4v) is 3.27. The van der Waals surface area contributed by atoms with E-state index in [1.54, 1.807) is 24.3 Å². The number of rotatable bonds is 5. The molecule has 0 aliphatic carbocycles. The van der Waals surface area contributed by atoms with Crippen LogP contribution >= 0.6 is 0 Å². The van der Waals surface area contributed by atoms with Gasteiger partial charge in [0.1, 0.15) is 11.6 Å². The van der Waals surface area contributed by atoms with Gasteiger partial charge in [0, 0.05) is 6.07 Å². The number of hydrogen-bond donors (Lipinski definition) is 0. The molecule has 0 spiro atoms. The second kappa shape index (κ2) is 8.31. The van der Waals surface area contributed by atoms with E-state index in [-0.39, 0.29) is 23.5 Å². The molecule has 150 valence electrons. The highest BCUT2D eigenvalue weighted by molar-refractivity contribution is 5.91. The van der Waals surface area contributed by atoms with Crippen molar-refractivity contribution in [2.75, 3.05) is 0 Å². The quantitative estimate of drug-likeness (QED) is 0.349. The van der Waals surface area contributed by atoms with Crippen LogP contribution in [0, 0.1) is 5.82 Å². The fraction of sp³-hybridized carbons (Fsp3) is 0.381. The van der Waals surface area contributed by atoms with Crippen molar-refractivity contribution in [3.8, 4) is 5.75 Å². The molecule has 0 bridgehead atoms. The Balaban J connectivity index is 1.65. The standard InChI is InChI=1S/C21H20F4O3/c1-2-3-15-9-11-19(27-15)13-4-6-14(7-5-13)20(26)28-16-8-10-17(18(22)12-16)21(23,24)25/h4-8,10,12,15,19H,2-3,9,11H2,1H3. The van der Waals surface area contributed by atoms with Gasteiger partial charge in [0.25, 0.3) is 0 Å². The van der Waals surface area contributed by atoms with Crippen molar-refractivity contribution in [1.29, 1.82) is 0 Å². The Morgan fingerprint density at radius 3 is 2.46 bits per heavy atom. The van der Waals surface area contributed by atoms with E-state index in [0.717, 1.165) is 37.3 Å². The van der Waals surface area contributed by atoms with Crippen molar-refractivity contribution in [1.82, 2.24) is 0 Å². The van der Waals surface area contributed by atoms with Gasteiger partial charge in [0.2, 0.25) is 0 Å². The number of hydrogen-bond acceptors (Lipinski definition) is 3. The van der Waals surface area contributed by atoms with E-state index in [9.17, 15) is 22.4 Å². The predicted octanol–water partition coefficient (Wildman–Crippen LogP) is 6.08. The van der Waals surface area contributed by atoms with Crippen LogP contribution < -0.4 is 4.74 Å². The third kappa shape index (κ3) is 4.70. The summed E-state index contributed by atoms with van der Waals surface area (Å²) in [4.78, 5) is 12.2. The molecule has 0 amide bonds. The minimum Gasteiger partial charge on any atom is -0.423 e. The lowest BCUT2D eigenvalue weighted by Crippen LogP contribution is -2.11. The molecule has 0 aromatic heterocycles. The third-order valence-corrected chi connectivity index (χ3v) is 4.69. The van der Waals surface area contributed by atoms with Gasteiger partial charge in [-0.05, 0) is 49.1 Å². The van der Waals surface area contributed by atoms with E-state index in [2.05, 4.69) is 6.92 Å². The number of ether oxygens (including phenoxy) is 2. The molecular formula is C21H20F4O3. The molecule has 2 aromatic rings. The molecule has 3 rings (SSSR count). The van der Waals surface area contributed by atoms with Crippen LogP contribution in [0.5, 0.6) is 5.75 Å². The summed E-state index contributed by atoms with van der Waals surface area (Å²) in [5.41, 5.74) is -0.238. The van der Waals surface area contributed by atoms with Gasteiger partial charge in [-0.1, -0.05) is 25.5 Å². The van der Waals surface area contributed by atoms with Crippen molar-refractivity contribution in [2.45, 2.75) is 51.0 Å². The van der Waals surface area contributed by atoms with E-state index in [1.807, 2.05) is 0 Å². The monoisotopic (exact) mass is 396 g/mol. The molecule has 1 aliphatic heterocycles. The maximum atomic E-state index is 13.6. The summed E-state index contributed by atoms with van der Waals surface area (Å²) >= 11 is 0. The molecule has 1 heterocycles. The molecule has 0 N–H and O–H groups in total. The largest absolute Gasteiger partial charge is 0.423 e. The minimum absolute atomic E-state index is 0.00868. The van der Waals surface area contributed by atoms with Gasteiger partial charge in [-0.2, -0.15) is 13.2 Å². The van der Waals surface area contributed by atoms with E-state index in [0.29, 0.717) is 12.1 Å². The van der Waals surface area contributed by atoms with Gasteiger partial charge >= 0.3 is 12.1 Å². The number of benzene rings is 2. The summed E-state index contributed by atoms with van der Waals surface area (Å²) in [7, 11) is 0. The van der Waals surface area contributed by atoms with Crippen LogP contribution in [0.2, 0.25) is 0 Å². The lowest BCUT2D eigenvalue weighted by Gasteiger charge is -2.14. The van der Waals surface area contributed by atoms with E-state index in [1.165, 1.54) is 0 Å². The molecule has 0 saturated carbocycles. The lowest BCUT2D eigenvalue weighted by molar-refractivity contribution is -0.140. The first-order valence-corrected chi connectivity index (χ1v) is 9.12.